The Kier molecular flexibility index (Phi) is 0.609. The van der Waals surface area contributed by atoms with Crippen molar-refractivity contribution in [3.63, 3.8) is 0 Å². The molecule has 2 heterocycles. The summed E-state index contributed by atoms with van der Waals surface area (Å²) in [5, 5.41) is 0. The number of rotatable bonds is 0. The zero-order valence-electron chi connectivity index (χ0n) is 8.99. The van der Waals surface area contributed by atoms with Gasteiger partial charge in [-0.25, -0.2) is 0 Å². The molecule has 2 saturated heterocycles. The van der Waals surface area contributed by atoms with Gasteiger partial charge in [-0.1, -0.05) is 0 Å². The molecule has 1 heteroatoms. The van der Waals surface area contributed by atoms with Crippen LogP contribution in [0.25, 0.3) is 0 Å². The van der Waals surface area contributed by atoms with Gasteiger partial charge >= 0.3 is 79.8 Å². The van der Waals surface area contributed by atoms with Crippen LogP contribution in [-0.4, -0.2) is 31.3 Å². The van der Waals surface area contributed by atoms with Crippen LogP contribution in [0, 0.1) is 35.0 Å². The fourth-order valence-electron chi connectivity index (χ4n) is 7.89. The minimum absolute atomic E-state index is 0.894. The quantitative estimate of drug-likeness (QED) is 0.519. The van der Waals surface area contributed by atoms with Crippen molar-refractivity contribution in [2.45, 2.75) is 18.2 Å². The van der Waals surface area contributed by atoms with Crippen LogP contribution in [0.3, 0.4) is 0 Å². The van der Waals surface area contributed by atoms with Crippen LogP contribution in [0.4, 0.5) is 0 Å². The topological polar surface area (TPSA) is 0 Å². The molecule has 0 aromatic rings. The van der Waals surface area contributed by atoms with Crippen LogP contribution in [0.15, 0.2) is 0 Å². The predicted octanol–water partition coefficient (Wildman–Crippen LogP) is 2.32. The third-order valence-electron chi connectivity index (χ3n) is 7.40. The standard InChI is InChI=1S/C12H19P/c1-12-8-6-5-7(8)11(12)13(2,3,4)10(5)9(6)12/h5-11H,1-4H3/t5-,6+,7-,8+,9-,10+,11-,12-/m1/s1. The van der Waals surface area contributed by atoms with Crippen molar-refractivity contribution >= 4 is 6.60 Å². The Morgan fingerprint density at radius 1 is 0.923 bits per heavy atom. The average molecular weight is 194 g/mol. The van der Waals surface area contributed by atoms with Crippen LogP contribution in [0.1, 0.15) is 6.92 Å². The summed E-state index contributed by atoms with van der Waals surface area (Å²) < 4.78 is 0. The van der Waals surface area contributed by atoms with Crippen LogP contribution < -0.4 is 0 Å². The monoisotopic (exact) mass is 194 g/mol. The van der Waals surface area contributed by atoms with Crippen molar-refractivity contribution < 1.29 is 0 Å². The first-order valence-electron chi connectivity index (χ1n) is 5.89. The molecule has 0 N–H and O–H groups in total. The Morgan fingerprint density at radius 3 is 2.00 bits per heavy atom. The first-order valence-corrected chi connectivity index (χ1v) is 9.61. The summed E-state index contributed by atoms with van der Waals surface area (Å²) in [6.07, 6.45) is 0. The Bertz CT molecular complexity index is 376. The summed E-state index contributed by atoms with van der Waals surface area (Å²) in [5.41, 5.74) is 3.37. The Labute approximate surface area is 80.4 Å². The first kappa shape index (κ1) is 6.83. The van der Waals surface area contributed by atoms with Gasteiger partial charge in [0.2, 0.25) is 0 Å². The maximum atomic E-state index is 2.71. The van der Waals surface area contributed by atoms with Crippen LogP contribution >= 0.6 is 6.60 Å². The second kappa shape index (κ2) is 1.16. The van der Waals surface area contributed by atoms with Gasteiger partial charge in [0.05, 0.1) is 0 Å². The molecule has 2 aliphatic heterocycles. The fourth-order valence-corrected chi connectivity index (χ4v) is 15.5. The SMILES string of the molecule is C[C@@]12[C@@H]3[C@H]4[C@H]5[C@@H]3[C@@H]1[C@H]5P(C)(C)(C)[C@H]42. The van der Waals surface area contributed by atoms with Gasteiger partial charge < -0.3 is 0 Å². The van der Waals surface area contributed by atoms with Gasteiger partial charge in [0.25, 0.3) is 0 Å². The molecule has 72 valence electrons. The number of hydrogen-bond acceptors (Lipinski definition) is 0. The zero-order chi connectivity index (χ0) is 8.99. The molecule has 2 bridgehead atoms. The van der Waals surface area contributed by atoms with Crippen molar-refractivity contribution in [3.05, 3.63) is 0 Å². The average Bonchev–Trinajstić information content (AvgIpc) is 2.09. The predicted molar refractivity (Wildman–Crippen MR) is 57.8 cm³/mol. The molecule has 0 amide bonds. The Balaban J connectivity index is 1.87. The summed E-state index contributed by atoms with van der Waals surface area (Å²) in [6.45, 7) is 9.60. The van der Waals surface area contributed by atoms with E-state index in [2.05, 4.69) is 26.9 Å². The zero-order valence-corrected chi connectivity index (χ0v) is 9.88. The summed E-state index contributed by atoms with van der Waals surface area (Å²) in [6, 6.07) is 0. The Hall–Kier alpha value is 0.430. The molecule has 4 aliphatic carbocycles. The molecule has 0 unspecified atom stereocenters. The molecular weight excluding hydrogens is 175 g/mol. The van der Waals surface area contributed by atoms with E-state index < -0.39 is 6.60 Å². The third kappa shape index (κ3) is 0.306. The van der Waals surface area contributed by atoms with E-state index in [9.17, 15) is 0 Å². The minimum atomic E-state index is -1.18. The van der Waals surface area contributed by atoms with E-state index in [1.807, 2.05) is 0 Å². The summed E-state index contributed by atoms with van der Waals surface area (Å²) in [7, 11) is 0. The molecular formula is C12H19P. The second-order valence-corrected chi connectivity index (χ2v) is 15.4. The third-order valence-corrected chi connectivity index (χ3v) is 13.1. The van der Waals surface area contributed by atoms with E-state index in [1.54, 1.807) is 0 Å². The van der Waals surface area contributed by atoms with E-state index in [4.69, 9.17) is 0 Å². The molecule has 0 radical (unpaired) electrons. The van der Waals surface area contributed by atoms with E-state index in [0.29, 0.717) is 0 Å². The molecule has 0 aromatic carbocycles. The van der Waals surface area contributed by atoms with Crippen LogP contribution in [-0.2, 0) is 0 Å². The van der Waals surface area contributed by atoms with Crippen molar-refractivity contribution in [3.8, 4) is 0 Å². The molecule has 13 heavy (non-hydrogen) atoms. The van der Waals surface area contributed by atoms with Crippen LogP contribution in [0.5, 0.6) is 0 Å². The number of hydrogen-bond donors (Lipinski definition) is 0. The van der Waals surface area contributed by atoms with Gasteiger partial charge in [-0.3, -0.25) is 0 Å². The molecule has 6 fully saturated rings. The molecule has 6 aliphatic rings. The van der Waals surface area contributed by atoms with Crippen molar-refractivity contribution in [1.29, 1.82) is 0 Å². The molecule has 4 saturated carbocycles. The maximum absolute atomic E-state index is 2.71. The summed E-state index contributed by atoms with van der Waals surface area (Å²) in [5.74, 6) is 6.25. The van der Waals surface area contributed by atoms with Crippen LogP contribution in [0.2, 0.25) is 0 Å². The van der Waals surface area contributed by atoms with Gasteiger partial charge in [-0.05, 0) is 0 Å². The van der Waals surface area contributed by atoms with Gasteiger partial charge in [0.1, 0.15) is 0 Å². The molecule has 0 nitrogen and oxygen atoms in total. The fraction of sp³-hybridized carbons (Fsp3) is 1.00. The van der Waals surface area contributed by atoms with Gasteiger partial charge in [0, 0.05) is 0 Å². The normalized spacial score (nSPS) is 89.2. The van der Waals surface area contributed by atoms with Crippen molar-refractivity contribution in [2.24, 2.45) is 35.0 Å². The van der Waals surface area contributed by atoms with E-state index >= 15 is 0 Å². The van der Waals surface area contributed by atoms with Crippen molar-refractivity contribution in [2.75, 3.05) is 20.0 Å². The summed E-state index contributed by atoms with van der Waals surface area (Å²) >= 11 is 0. The molecule has 0 aromatic heterocycles. The van der Waals surface area contributed by atoms with Gasteiger partial charge in [-0.15, -0.1) is 0 Å². The summed E-state index contributed by atoms with van der Waals surface area (Å²) in [4.78, 5) is 0. The van der Waals surface area contributed by atoms with Crippen molar-refractivity contribution in [1.82, 2.24) is 0 Å². The first-order chi connectivity index (χ1) is 5.89. The van der Waals surface area contributed by atoms with Gasteiger partial charge in [0.15, 0.2) is 0 Å². The second-order valence-electron chi connectivity index (χ2n) is 8.12. The van der Waals surface area contributed by atoms with E-state index in [1.165, 1.54) is 40.9 Å². The van der Waals surface area contributed by atoms with E-state index in [-0.39, 0.29) is 0 Å². The molecule has 6 rings (SSSR count). The molecule has 0 spiro atoms. The Morgan fingerprint density at radius 2 is 1.62 bits per heavy atom. The van der Waals surface area contributed by atoms with Gasteiger partial charge in [-0.2, -0.15) is 0 Å². The van der Waals surface area contributed by atoms with E-state index in [0.717, 1.165) is 5.41 Å². The molecule has 8 atom stereocenters.